The van der Waals surface area contributed by atoms with Crippen molar-refractivity contribution in [1.29, 1.82) is 0 Å². The summed E-state index contributed by atoms with van der Waals surface area (Å²) < 4.78 is 68.8. The molecule has 2 saturated heterocycles. The first-order chi connectivity index (χ1) is 16.9. The van der Waals surface area contributed by atoms with E-state index in [2.05, 4.69) is 16.8 Å². The van der Waals surface area contributed by atoms with E-state index in [4.69, 9.17) is 9.88 Å². The smallest absolute Gasteiger partial charge is 0.381 e. The number of hydrogen-bond donors (Lipinski definition) is 2. The molecule has 10 heteroatoms. The highest BCUT2D eigenvalue weighted by atomic mass is 32.2. The van der Waals surface area contributed by atoms with Crippen LogP contribution in [0.5, 0.6) is 0 Å². The SMILES string of the molecule is C[C@H]1c2c([nH]c3ccc(C(F)(F)F)cc23)C[C@H]2CCN(CCC3(/C=C/S(N)(=O)=O)CCOCC3)CC21. The number of rotatable bonds is 5. The molecule has 5 rings (SSSR count). The van der Waals surface area contributed by atoms with Gasteiger partial charge in [0.15, 0.2) is 0 Å². The summed E-state index contributed by atoms with van der Waals surface area (Å²) in [7, 11) is -3.69. The molecule has 0 bridgehead atoms. The van der Waals surface area contributed by atoms with Crippen molar-refractivity contribution in [2.24, 2.45) is 22.4 Å². The third-order valence-electron chi connectivity index (χ3n) is 8.73. The Morgan fingerprint density at radius 1 is 1.28 bits per heavy atom. The zero-order valence-electron chi connectivity index (χ0n) is 20.5. The number of aromatic nitrogens is 1. The summed E-state index contributed by atoms with van der Waals surface area (Å²) in [6.45, 7) is 6.04. The van der Waals surface area contributed by atoms with Gasteiger partial charge >= 0.3 is 6.18 Å². The summed E-state index contributed by atoms with van der Waals surface area (Å²) in [6, 6.07) is 4.01. The Morgan fingerprint density at radius 3 is 2.72 bits per heavy atom. The number of primary sulfonamides is 1. The molecular formula is C26H34F3N3O3S. The lowest BCUT2D eigenvalue weighted by molar-refractivity contribution is -0.137. The predicted molar refractivity (Wildman–Crippen MR) is 133 cm³/mol. The lowest BCUT2D eigenvalue weighted by Gasteiger charge is -2.45. The van der Waals surface area contributed by atoms with Crippen molar-refractivity contribution in [3.8, 4) is 0 Å². The van der Waals surface area contributed by atoms with Crippen LogP contribution in [0.1, 0.15) is 55.3 Å². The van der Waals surface area contributed by atoms with Gasteiger partial charge in [-0.1, -0.05) is 13.0 Å². The van der Waals surface area contributed by atoms with Gasteiger partial charge in [0, 0.05) is 41.8 Å². The average molecular weight is 526 g/mol. The van der Waals surface area contributed by atoms with Crippen molar-refractivity contribution in [2.75, 3.05) is 32.8 Å². The number of nitrogens with one attached hydrogen (secondary N) is 1. The van der Waals surface area contributed by atoms with Gasteiger partial charge in [-0.3, -0.25) is 0 Å². The number of allylic oxidation sites excluding steroid dienone is 1. The molecule has 6 nitrogen and oxygen atoms in total. The molecule has 3 aliphatic rings. The molecule has 1 aromatic heterocycles. The number of hydrogen-bond acceptors (Lipinski definition) is 4. The van der Waals surface area contributed by atoms with Crippen LogP contribution in [0.2, 0.25) is 0 Å². The van der Waals surface area contributed by atoms with Gasteiger partial charge in [0.1, 0.15) is 0 Å². The summed E-state index contributed by atoms with van der Waals surface area (Å²) in [6.07, 6.45) is 1.65. The van der Waals surface area contributed by atoms with E-state index in [1.54, 1.807) is 12.1 Å². The van der Waals surface area contributed by atoms with Crippen molar-refractivity contribution in [3.63, 3.8) is 0 Å². The molecule has 1 aromatic carbocycles. The second kappa shape index (κ2) is 9.45. The van der Waals surface area contributed by atoms with E-state index in [0.29, 0.717) is 30.4 Å². The first kappa shape index (κ1) is 25.8. The molecule has 1 aliphatic carbocycles. The molecule has 0 amide bonds. The number of benzene rings is 1. The number of halogens is 3. The van der Waals surface area contributed by atoms with Crippen LogP contribution in [0.25, 0.3) is 10.9 Å². The van der Waals surface area contributed by atoms with E-state index in [9.17, 15) is 21.6 Å². The van der Waals surface area contributed by atoms with Gasteiger partial charge < -0.3 is 14.6 Å². The van der Waals surface area contributed by atoms with Gasteiger partial charge in [-0.05, 0) is 92.1 Å². The fourth-order valence-electron chi connectivity index (χ4n) is 6.62. The highest BCUT2D eigenvalue weighted by Crippen LogP contribution is 2.47. The van der Waals surface area contributed by atoms with Crippen LogP contribution < -0.4 is 5.14 Å². The number of H-pyrrole nitrogens is 1. The van der Waals surface area contributed by atoms with Crippen LogP contribution >= 0.6 is 0 Å². The monoisotopic (exact) mass is 525 g/mol. The number of sulfonamides is 1. The molecule has 36 heavy (non-hydrogen) atoms. The summed E-state index contributed by atoms with van der Waals surface area (Å²) in [4.78, 5) is 5.85. The van der Waals surface area contributed by atoms with Gasteiger partial charge in [-0.2, -0.15) is 13.2 Å². The number of ether oxygens (including phenoxy) is 1. The molecule has 1 unspecified atom stereocenters. The van der Waals surface area contributed by atoms with E-state index < -0.39 is 21.8 Å². The molecule has 0 radical (unpaired) electrons. The lowest BCUT2D eigenvalue weighted by atomic mass is 9.68. The van der Waals surface area contributed by atoms with Crippen LogP contribution in [0.4, 0.5) is 13.2 Å². The van der Waals surface area contributed by atoms with Crippen LogP contribution in [-0.2, 0) is 27.4 Å². The molecule has 3 heterocycles. The second-order valence-corrected chi connectivity index (χ2v) is 12.3. The van der Waals surface area contributed by atoms with Crippen LogP contribution in [0.3, 0.4) is 0 Å². The lowest BCUT2D eigenvalue weighted by Crippen LogP contribution is -2.46. The van der Waals surface area contributed by atoms with Crippen LogP contribution in [0.15, 0.2) is 29.7 Å². The molecule has 2 aliphatic heterocycles. The van der Waals surface area contributed by atoms with Crippen molar-refractivity contribution in [3.05, 3.63) is 46.5 Å². The van der Waals surface area contributed by atoms with Gasteiger partial charge in [-0.25, -0.2) is 13.6 Å². The zero-order chi connectivity index (χ0) is 25.7. The van der Waals surface area contributed by atoms with Gasteiger partial charge in [0.2, 0.25) is 10.0 Å². The third-order valence-corrected chi connectivity index (χ3v) is 9.24. The summed E-state index contributed by atoms with van der Waals surface area (Å²) >= 11 is 0. The minimum atomic E-state index is -4.36. The first-order valence-corrected chi connectivity index (χ1v) is 14.3. The number of alkyl halides is 3. The third kappa shape index (κ3) is 5.23. The van der Waals surface area contributed by atoms with Crippen LogP contribution in [-0.4, -0.2) is 51.1 Å². The Morgan fingerprint density at radius 2 is 2.03 bits per heavy atom. The summed E-state index contributed by atoms with van der Waals surface area (Å²) in [5.74, 6) is 1.02. The Balaban J connectivity index is 1.33. The predicted octanol–water partition coefficient (Wildman–Crippen LogP) is 4.77. The normalized spacial score (nSPS) is 27.3. The molecule has 3 atom stereocenters. The highest BCUT2D eigenvalue weighted by molar-refractivity contribution is 7.92. The maximum Gasteiger partial charge on any atom is 0.416 e. The molecular weight excluding hydrogens is 491 g/mol. The molecule has 0 spiro atoms. The number of likely N-dealkylation sites (tertiary alicyclic amines) is 1. The largest absolute Gasteiger partial charge is 0.416 e. The number of fused-ring (bicyclic) bond motifs is 4. The maximum atomic E-state index is 13.4. The van der Waals surface area contributed by atoms with Gasteiger partial charge in [0.25, 0.3) is 0 Å². The Bertz CT molecular complexity index is 1250. The van der Waals surface area contributed by atoms with Crippen molar-refractivity contribution >= 4 is 20.9 Å². The topological polar surface area (TPSA) is 88.4 Å². The fourth-order valence-corrected chi connectivity index (χ4v) is 7.10. The van der Waals surface area contributed by atoms with Gasteiger partial charge in [0.05, 0.1) is 5.56 Å². The summed E-state index contributed by atoms with van der Waals surface area (Å²) in [5.41, 5.74) is 2.04. The van der Waals surface area contributed by atoms with Crippen molar-refractivity contribution in [1.82, 2.24) is 9.88 Å². The van der Waals surface area contributed by atoms with Crippen LogP contribution in [0, 0.1) is 17.3 Å². The quantitative estimate of drug-likeness (QED) is 0.589. The zero-order valence-corrected chi connectivity index (χ0v) is 21.3. The van der Waals surface area contributed by atoms with E-state index >= 15 is 0 Å². The molecule has 2 fully saturated rings. The van der Waals surface area contributed by atoms with E-state index in [1.807, 2.05) is 0 Å². The molecule has 0 saturated carbocycles. The Hall–Kier alpha value is -1.88. The van der Waals surface area contributed by atoms with Gasteiger partial charge in [-0.15, -0.1) is 0 Å². The standard InChI is InChI=1S/C26H34F3N3O3S/c1-17-21-16-32(10-5-25(6-11-35-12-7-25)8-13-36(30,33)34)9-4-18(21)14-23-24(17)20-15-19(26(27,28)29)2-3-22(20)31-23/h2-3,8,13,15,17-18,21,31H,4-7,9-12,14,16H2,1H3,(H2,30,33,34)/b13-8+/t17-,18-,21?/m1/s1. The highest BCUT2D eigenvalue weighted by Gasteiger charge is 2.41. The first-order valence-electron chi connectivity index (χ1n) is 12.7. The number of aromatic amines is 1. The average Bonchev–Trinajstić information content (AvgIpc) is 3.19. The number of nitrogens with zero attached hydrogens (tertiary/aromatic N) is 1. The Kier molecular flexibility index (Phi) is 6.76. The minimum Gasteiger partial charge on any atom is -0.381 e. The maximum absolute atomic E-state index is 13.4. The van der Waals surface area contributed by atoms with E-state index in [0.717, 1.165) is 80.0 Å². The van der Waals surface area contributed by atoms with Crippen molar-refractivity contribution < 1.29 is 26.3 Å². The number of nitrogens with two attached hydrogens (primary N) is 1. The van der Waals surface area contributed by atoms with E-state index in [1.165, 1.54) is 6.07 Å². The van der Waals surface area contributed by atoms with E-state index in [-0.39, 0.29) is 11.3 Å². The molecule has 3 N–H and O–H groups in total. The molecule has 2 aromatic rings. The van der Waals surface area contributed by atoms with Crippen molar-refractivity contribution in [2.45, 2.75) is 51.1 Å². The summed E-state index contributed by atoms with van der Waals surface area (Å²) in [5, 5.41) is 7.04. The minimum absolute atomic E-state index is 0.151. The number of piperidine rings is 1. The second-order valence-electron chi connectivity index (χ2n) is 10.9. The molecule has 198 valence electrons. The Labute approximate surface area is 210 Å². The fraction of sp³-hybridized carbons (Fsp3) is 0.615.